The molecule has 0 spiro atoms. The van der Waals surface area contributed by atoms with Crippen LogP contribution < -0.4 is 0 Å². The number of carboxylic acid groups (broad SMARTS) is 1. The van der Waals surface area contributed by atoms with Crippen LogP contribution >= 0.6 is 0 Å². The number of aryl methyl sites for hydroxylation is 1. The van der Waals surface area contributed by atoms with Crippen LogP contribution in [-0.4, -0.2) is 20.5 Å². The van der Waals surface area contributed by atoms with Crippen molar-refractivity contribution in [2.75, 3.05) is 0 Å². The maximum Gasteiger partial charge on any atom is 0.335 e. The van der Waals surface area contributed by atoms with E-state index in [0.29, 0.717) is 11.5 Å². The second-order valence-electron chi connectivity index (χ2n) is 6.13. The minimum atomic E-state index is -0.970. The van der Waals surface area contributed by atoms with Gasteiger partial charge in [0.15, 0.2) is 5.82 Å². The van der Waals surface area contributed by atoms with Gasteiger partial charge in [0.1, 0.15) is 11.3 Å². The zero-order chi connectivity index (χ0) is 18.8. The summed E-state index contributed by atoms with van der Waals surface area (Å²) in [6.07, 6.45) is 1.89. The van der Waals surface area contributed by atoms with Crippen molar-refractivity contribution < 1.29 is 9.90 Å². The zero-order valence-electron chi connectivity index (χ0n) is 14.6. The average molecular weight is 356 g/mol. The van der Waals surface area contributed by atoms with Crippen LogP contribution in [-0.2, 0) is 0 Å². The van der Waals surface area contributed by atoms with Crippen molar-refractivity contribution in [3.05, 3.63) is 84.1 Å². The van der Waals surface area contributed by atoms with Gasteiger partial charge in [-0.05, 0) is 43.3 Å². The lowest BCUT2D eigenvalue weighted by Crippen LogP contribution is -1.93. The van der Waals surface area contributed by atoms with Crippen LogP contribution in [0.4, 0.5) is 11.5 Å². The molecule has 0 fully saturated rings. The third-order valence-corrected chi connectivity index (χ3v) is 4.20. The molecule has 2 aromatic carbocycles. The largest absolute Gasteiger partial charge is 0.478 e. The molecule has 27 heavy (non-hydrogen) atoms. The molecule has 0 radical (unpaired) electrons. The summed E-state index contributed by atoms with van der Waals surface area (Å²) in [7, 11) is 0. The molecule has 2 heterocycles. The van der Waals surface area contributed by atoms with Crippen LogP contribution in [0.3, 0.4) is 0 Å². The van der Waals surface area contributed by atoms with E-state index in [1.54, 1.807) is 12.1 Å². The predicted molar refractivity (Wildman–Crippen MR) is 103 cm³/mol. The summed E-state index contributed by atoms with van der Waals surface area (Å²) in [6.45, 7) is 2.04. The maximum absolute atomic E-state index is 11.0. The molecule has 0 saturated carbocycles. The van der Waals surface area contributed by atoms with E-state index >= 15 is 0 Å². The Morgan fingerprint density at radius 1 is 0.963 bits per heavy atom. The maximum atomic E-state index is 11.0. The van der Waals surface area contributed by atoms with Gasteiger partial charge in [-0.25, -0.2) is 9.78 Å². The first kappa shape index (κ1) is 16.7. The van der Waals surface area contributed by atoms with E-state index in [4.69, 9.17) is 10.1 Å². The molecule has 1 N–H and O–H groups in total. The summed E-state index contributed by atoms with van der Waals surface area (Å²) >= 11 is 0. The summed E-state index contributed by atoms with van der Waals surface area (Å²) in [6, 6.07) is 20.1. The van der Waals surface area contributed by atoms with Crippen LogP contribution in [0.5, 0.6) is 0 Å². The fraction of sp³-hybridized carbons (Fsp3) is 0.0476. The number of hydrogen-bond donors (Lipinski definition) is 1. The number of carboxylic acids is 1. The highest BCUT2D eigenvalue weighted by atomic mass is 16.4. The number of nitrogens with zero attached hydrogens (tertiary/aromatic N) is 4. The van der Waals surface area contributed by atoms with Crippen molar-refractivity contribution in [2.24, 2.45) is 10.2 Å². The summed E-state index contributed by atoms with van der Waals surface area (Å²) in [5, 5.41) is 17.7. The fourth-order valence-electron chi connectivity index (χ4n) is 2.76. The summed E-state index contributed by atoms with van der Waals surface area (Å²) in [5.74, 6) is -0.348. The van der Waals surface area contributed by atoms with E-state index < -0.39 is 5.97 Å². The van der Waals surface area contributed by atoms with Gasteiger partial charge >= 0.3 is 5.97 Å². The zero-order valence-corrected chi connectivity index (χ0v) is 14.6. The standard InChI is InChI=1S/C21H16N4O2/c1-14-5-7-15(8-6-14)19-20(25-13-3-2-4-18(25)22-19)24-23-17-11-9-16(10-12-17)21(26)27/h2-13H,1H3,(H,26,27). The molecule has 4 aromatic rings. The van der Waals surface area contributed by atoms with Crippen molar-refractivity contribution in [3.63, 3.8) is 0 Å². The monoisotopic (exact) mass is 356 g/mol. The van der Waals surface area contributed by atoms with Crippen molar-refractivity contribution in [1.29, 1.82) is 0 Å². The highest BCUT2D eigenvalue weighted by Gasteiger charge is 2.13. The van der Waals surface area contributed by atoms with Gasteiger partial charge in [-0.15, -0.1) is 10.2 Å². The first-order valence-electron chi connectivity index (χ1n) is 8.41. The number of rotatable bonds is 4. The molecule has 0 aliphatic rings. The van der Waals surface area contributed by atoms with Gasteiger partial charge in [-0.3, -0.25) is 4.40 Å². The van der Waals surface area contributed by atoms with Crippen LogP contribution in [0, 0.1) is 6.92 Å². The van der Waals surface area contributed by atoms with Gasteiger partial charge in [0, 0.05) is 11.8 Å². The van der Waals surface area contributed by atoms with Gasteiger partial charge in [0.25, 0.3) is 0 Å². The molecule has 132 valence electrons. The molecular formula is C21H16N4O2. The molecule has 0 atom stereocenters. The topological polar surface area (TPSA) is 79.3 Å². The Bertz CT molecular complexity index is 1140. The SMILES string of the molecule is Cc1ccc(-c2nc3ccccn3c2N=Nc2ccc(C(=O)O)cc2)cc1. The summed E-state index contributed by atoms with van der Waals surface area (Å²) < 4.78 is 1.88. The number of benzene rings is 2. The Hall–Kier alpha value is -3.80. The molecule has 2 aromatic heterocycles. The molecule has 0 bridgehead atoms. The van der Waals surface area contributed by atoms with E-state index in [1.165, 1.54) is 17.7 Å². The molecule has 0 amide bonds. The van der Waals surface area contributed by atoms with Gasteiger partial charge in [0.2, 0.25) is 0 Å². The first-order chi connectivity index (χ1) is 13.1. The number of fused-ring (bicyclic) bond motifs is 1. The Morgan fingerprint density at radius 3 is 2.41 bits per heavy atom. The predicted octanol–water partition coefficient (Wildman–Crippen LogP) is 5.42. The molecule has 0 unspecified atom stereocenters. The lowest BCUT2D eigenvalue weighted by molar-refractivity contribution is 0.0697. The Morgan fingerprint density at radius 2 is 1.70 bits per heavy atom. The van der Waals surface area contributed by atoms with E-state index in [-0.39, 0.29) is 5.56 Å². The van der Waals surface area contributed by atoms with Gasteiger partial charge in [-0.2, -0.15) is 0 Å². The van der Waals surface area contributed by atoms with Crippen LogP contribution in [0.2, 0.25) is 0 Å². The number of azo groups is 1. The van der Waals surface area contributed by atoms with Gasteiger partial charge in [-0.1, -0.05) is 35.9 Å². The Balaban J connectivity index is 1.78. The highest BCUT2D eigenvalue weighted by Crippen LogP contribution is 2.32. The lowest BCUT2D eigenvalue weighted by atomic mass is 10.1. The molecular weight excluding hydrogens is 340 g/mol. The Labute approximate surface area is 155 Å². The van der Waals surface area contributed by atoms with Crippen molar-refractivity contribution >= 4 is 23.1 Å². The smallest absolute Gasteiger partial charge is 0.335 e. The molecule has 6 nitrogen and oxygen atoms in total. The number of pyridine rings is 1. The second kappa shape index (κ2) is 6.84. The van der Waals surface area contributed by atoms with E-state index in [2.05, 4.69) is 10.2 Å². The number of hydrogen-bond acceptors (Lipinski definition) is 4. The van der Waals surface area contributed by atoms with E-state index in [9.17, 15) is 4.79 Å². The lowest BCUT2D eigenvalue weighted by Gasteiger charge is -2.01. The van der Waals surface area contributed by atoms with Crippen LogP contribution in [0.25, 0.3) is 16.9 Å². The van der Waals surface area contributed by atoms with Crippen LogP contribution in [0.15, 0.2) is 83.2 Å². The fourth-order valence-corrected chi connectivity index (χ4v) is 2.76. The minimum absolute atomic E-state index is 0.212. The van der Waals surface area contributed by atoms with E-state index in [1.807, 2.05) is 60.0 Å². The second-order valence-corrected chi connectivity index (χ2v) is 6.13. The molecule has 0 aliphatic heterocycles. The average Bonchev–Trinajstić information content (AvgIpc) is 3.06. The van der Waals surface area contributed by atoms with Gasteiger partial charge in [0.05, 0.1) is 11.3 Å². The number of imidazole rings is 1. The number of aromatic carboxylic acids is 1. The molecule has 4 rings (SSSR count). The van der Waals surface area contributed by atoms with Crippen molar-refractivity contribution in [1.82, 2.24) is 9.38 Å². The number of carbonyl (C=O) groups is 1. The number of aromatic nitrogens is 2. The van der Waals surface area contributed by atoms with Crippen molar-refractivity contribution in [3.8, 4) is 11.3 Å². The normalized spacial score (nSPS) is 11.3. The summed E-state index contributed by atoms with van der Waals surface area (Å²) in [5.41, 5.74) is 4.43. The molecule has 0 aliphatic carbocycles. The third-order valence-electron chi connectivity index (χ3n) is 4.20. The van der Waals surface area contributed by atoms with Crippen LogP contribution in [0.1, 0.15) is 15.9 Å². The molecule has 0 saturated heterocycles. The minimum Gasteiger partial charge on any atom is -0.478 e. The molecule has 6 heteroatoms. The van der Waals surface area contributed by atoms with Crippen molar-refractivity contribution in [2.45, 2.75) is 6.92 Å². The summed E-state index contributed by atoms with van der Waals surface area (Å²) in [4.78, 5) is 15.7. The highest BCUT2D eigenvalue weighted by molar-refractivity contribution is 5.87. The van der Waals surface area contributed by atoms with Gasteiger partial charge < -0.3 is 5.11 Å². The van der Waals surface area contributed by atoms with E-state index in [0.717, 1.165) is 16.9 Å². The first-order valence-corrected chi connectivity index (χ1v) is 8.41. The third kappa shape index (κ3) is 3.32. The quantitative estimate of drug-likeness (QED) is 0.496. The Kier molecular flexibility index (Phi) is 4.22.